The number of para-hydroxylation sites is 1. The van der Waals surface area contributed by atoms with Gasteiger partial charge in [0.05, 0.1) is 5.69 Å². The van der Waals surface area contributed by atoms with E-state index in [4.69, 9.17) is 4.74 Å². The van der Waals surface area contributed by atoms with Crippen molar-refractivity contribution in [2.45, 2.75) is 6.61 Å². The number of benzene rings is 3. The Balaban J connectivity index is 1.40. The minimum atomic E-state index is -0.505. The maximum Gasteiger partial charge on any atom is 0.348 e. The fourth-order valence-electron chi connectivity index (χ4n) is 2.74. The Bertz CT molecular complexity index is 1150. The molecule has 0 spiro atoms. The van der Waals surface area contributed by atoms with Gasteiger partial charge in [-0.2, -0.15) is 4.68 Å². The van der Waals surface area contributed by atoms with Crippen LogP contribution in [0.25, 0.3) is 5.69 Å². The van der Waals surface area contributed by atoms with Crippen LogP contribution in [0.1, 0.15) is 16.2 Å². The third-order valence-electron chi connectivity index (χ3n) is 4.19. The molecule has 1 heterocycles. The van der Waals surface area contributed by atoms with Gasteiger partial charge in [-0.05, 0) is 42.0 Å². The molecular weight excluding hydrogens is 368 g/mol. The predicted octanol–water partition coefficient (Wildman–Crippen LogP) is 3.39. The average Bonchev–Trinajstić information content (AvgIpc) is 3.16. The number of aromatic nitrogens is 3. The molecule has 0 aliphatic carbocycles. The van der Waals surface area contributed by atoms with Crippen LogP contribution < -0.4 is 15.7 Å². The van der Waals surface area contributed by atoms with Gasteiger partial charge in [0.25, 0.3) is 5.91 Å². The van der Waals surface area contributed by atoms with E-state index in [0.717, 1.165) is 10.2 Å². The lowest BCUT2D eigenvalue weighted by Gasteiger charge is -2.08. The van der Waals surface area contributed by atoms with Crippen LogP contribution in [0.5, 0.6) is 5.75 Å². The largest absolute Gasteiger partial charge is 0.489 e. The van der Waals surface area contributed by atoms with Gasteiger partial charge in [0.2, 0.25) is 5.82 Å². The second kappa shape index (κ2) is 8.26. The van der Waals surface area contributed by atoms with E-state index in [2.05, 4.69) is 15.4 Å². The Morgan fingerprint density at radius 1 is 0.931 bits per heavy atom. The highest BCUT2D eigenvalue weighted by Gasteiger charge is 2.14. The molecule has 29 heavy (non-hydrogen) atoms. The molecule has 0 saturated heterocycles. The van der Waals surface area contributed by atoms with Crippen molar-refractivity contribution in [1.82, 2.24) is 14.8 Å². The molecular formula is C22H18N4O3. The first-order valence-electron chi connectivity index (χ1n) is 9.02. The van der Waals surface area contributed by atoms with E-state index in [1.54, 1.807) is 48.5 Å². The second-order valence-corrected chi connectivity index (χ2v) is 6.28. The fraction of sp³-hybridized carbons (Fsp3) is 0.0455. The van der Waals surface area contributed by atoms with Crippen LogP contribution in [0.15, 0.2) is 89.7 Å². The van der Waals surface area contributed by atoms with Gasteiger partial charge in [-0.1, -0.05) is 48.5 Å². The summed E-state index contributed by atoms with van der Waals surface area (Å²) < 4.78 is 6.88. The summed E-state index contributed by atoms with van der Waals surface area (Å²) in [4.78, 5) is 27.0. The molecule has 2 N–H and O–H groups in total. The number of rotatable bonds is 6. The minimum Gasteiger partial charge on any atom is -0.489 e. The van der Waals surface area contributed by atoms with Crippen LogP contribution in [0.4, 0.5) is 5.69 Å². The van der Waals surface area contributed by atoms with Crippen LogP contribution in [-0.4, -0.2) is 20.7 Å². The van der Waals surface area contributed by atoms with E-state index in [-0.39, 0.29) is 5.82 Å². The van der Waals surface area contributed by atoms with Crippen LogP contribution >= 0.6 is 0 Å². The summed E-state index contributed by atoms with van der Waals surface area (Å²) in [6, 6.07) is 25.7. The van der Waals surface area contributed by atoms with Crippen LogP contribution in [-0.2, 0) is 6.61 Å². The summed E-state index contributed by atoms with van der Waals surface area (Å²) >= 11 is 0. The normalized spacial score (nSPS) is 10.5. The second-order valence-electron chi connectivity index (χ2n) is 6.28. The number of aromatic amines is 1. The molecule has 0 aliphatic rings. The van der Waals surface area contributed by atoms with Crippen molar-refractivity contribution in [3.63, 3.8) is 0 Å². The first-order chi connectivity index (χ1) is 14.2. The number of H-pyrrole nitrogens is 1. The lowest BCUT2D eigenvalue weighted by atomic mass is 10.2. The molecule has 0 aliphatic heterocycles. The molecule has 0 saturated carbocycles. The molecule has 1 amide bonds. The van der Waals surface area contributed by atoms with Gasteiger partial charge in [0.15, 0.2) is 0 Å². The number of nitrogens with one attached hydrogen (secondary N) is 2. The van der Waals surface area contributed by atoms with Crippen molar-refractivity contribution in [2.24, 2.45) is 0 Å². The highest BCUT2D eigenvalue weighted by atomic mass is 16.5. The van der Waals surface area contributed by atoms with E-state index in [9.17, 15) is 9.59 Å². The van der Waals surface area contributed by atoms with Gasteiger partial charge >= 0.3 is 5.69 Å². The summed E-state index contributed by atoms with van der Waals surface area (Å²) in [5.74, 6) is 0.117. The van der Waals surface area contributed by atoms with Crippen molar-refractivity contribution in [2.75, 3.05) is 5.32 Å². The van der Waals surface area contributed by atoms with Gasteiger partial charge in [-0.15, -0.1) is 5.10 Å². The van der Waals surface area contributed by atoms with E-state index in [1.165, 1.54) is 0 Å². The maximum absolute atomic E-state index is 12.4. The molecule has 0 radical (unpaired) electrons. The standard InChI is InChI=1S/C22H18N4O3/c27-21(20-24-22(28)26(25-20)18-9-5-2-6-10-18)23-17-11-13-19(14-12-17)29-15-16-7-3-1-4-8-16/h1-14H,15H2,(H,23,27)(H,24,25,28). The molecule has 7 nitrogen and oxygen atoms in total. The Morgan fingerprint density at radius 2 is 1.59 bits per heavy atom. The number of amides is 1. The maximum atomic E-state index is 12.4. The van der Waals surface area contributed by atoms with Crippen LogP contribution in [0.2, 0.25) is 0 Å². The van der Waals surface area contributed by atoms with Gasteiger partial charge in [0, 0.05) is 5.69 Å². The average molecular weight is 386 g/mol. The first-order valence-corrected chi connectivity index (χ1v) is 9.02. The van der Waals surface area contributed by atoms with E-state index < -0.39 is 11.6 Å². The monoisotopic (exact) mass is 386 g/mol. The van der Waals surface area contributed by atoms with E-state index in [1.807, 2.05) is 36.4 Å². The predicted molar refractivity (Wildman–Crippen MR) is 109 cm³/mol. The zero-order valence-electron chi connectivity index (χ0n) is 15.4. The highest BCUT2D eigenvalue weighted by Crippen LogP contribution is 2.17. The number of nitrogens with zero attached hydrogens (tertiary/aromatic N) is 2. The van der Waals surface area contributed by atoms with Gasteiger partial charge < -0.3 is 10.1 Å². The molecule has 4 rings (SSSR count). The van der Waals surface area contributed by atoms with Crippen LogP contribution in [0.3, 0.4) is 0 Å². The van der Waals surface area contributed by atoms with Crippen molar-refractivity contribution < 1.29 is 9.53 Å². The highest BCUT2D eigenvalue weighted by molar-refractivity contribution is 6.01. The molecule has 0 unspecified atom stereocenters. The number of carbonyl (C=O) groups is 1. The summed E-state index contributed by atoms with van der Waals surface area (Å²) in [5, 5.41) is 6.78. The molecule has 4 aromatic rings. The van der Waals surface area contributed by atoms with Crippen molar-refractivity contribution in [3.8, 4) is 11.4 Å². The number of carbonyl (C=O) groups excluding carboxylic acids is 1. The lowest BCUT2D eigenvalue weighted by Crippen LogP contribution is -2.15. The quantitative estimate of drug-likeness (QED) is 0.532. The number of hydrogen-bond acceptors (Lipinski definition) is 4. The number of ether oxygens (including phenoxy) is 1. The molecule has 144 valence electrons. The minimum absolute atomic E-state index is 0.0664. The zero-order chi connectivity index (χ0) is 20.1. The fourth-order valence-corrected chi connectivity index (χ4v) is 2.74. The Hall–Kier alpha value is -4.13. The Kier molecular flexibility index (Phi) is 5.20. The van der Waals surface area contributed by atoms with Crippen LogP contribution in [0, 0.1) is 0 Å². The molecule has 0 atom stereocenters. The molecule has 3 aromatic carbocycles. The number of hydrogen-bond donors (Lipinski definition) is 2. The Labute approximate surface area is 166 Å². The van der Waals surface area contributed by atoms with Crippen molar-refractivity contribution >= 4 is 11.6 Å². The molecule has 0 bridgehead atoms. The van der Waals surface area contributed by atoms with Gasteiger partial charge in [-0.25, -0.2) is 4.79 Å². The number of anilines is 1. The van der Waals surface area contributed by atoms with E-state index >= 15 is 0 Å². The lowest BCUT2D eigenvalue weighted by molar-refractivity contribution is 0.101. The smallest absolute Gasteiger partial charge is 0.348 e. The van der Waals surface area contributed by atoms with Crippen molar-refractivity contribution in [3.05, 3.63) is 107 Å². The summed E-state index contributed by atoms with van der Waals surface area (Å²) in [7, 11) is 0. The SMILES string of the molecule is O=C(Nc1ccc(OCc2ccccc2)cc1)c1nn(-c2ccccc2)c(=O)[nH]1. The zero-order valence-corrected chi connectivity index (χ0v) is 15.4. The topological polar surface area (TPSA) is 89.0 Å². The third-order valence-corrected chi connectivity index (χ3v) is 4.19. The summed E-state index contributed by atoms with van der Waals surface area (Å²) in [6.45, 7) is 0.463. The molecule has 7 heteroatoms. The van der Waals surface area contributed by atoms with Gasteiger partial charge in [-0.3, -0.25) is 9.78 Å². The molecule has 0 fully saturated rings. The van der Waals surface area contributed by atoms with Gasteiger partial charge in [0.1, 0.15) is 12.4 Å². The first kappa shape index (κ1) is 18.2. The Morgan fingerprint density at radius 3 is 2.28 bits per heavy atom. The van der Waals surface area contributed by atoms with E-state index in [0.29, 0.717) is 23.7 Å². The molecule has 1 aromatic heterocycles. The summed E-state index contributed by atoms with van der Waals surface area (Å²) in [5.41, 5.74) is 1.73. The third kappa shape index (κ3) is 4.41. The van der Waals surface area contributed by atoms with Crippen molar-refractivity contribution in [1.29, 1.82) is 0 Å². The summed E-state index contributed by atoms with van der Waals surface area (Å²) in [6.07, 6.45) is 0.